The summed E-state index contributed by atoms with van der Waals surface area (Å²) in [6, 6.07) is 23.4. The lowest BCUT2D eigenvalue weighted by Gasteiger charge is -2.21. The van der Waals surface area contributed by atoms with E-state index in [9.17, 15) is 13.2 Å². The number of carbonyl (C=O) groups is 1. The van der Waals surface area contributed by atoms with Crippen molar-refractivity contribution in [1.29, 1.82) is 0 Å². The molecule has 9 heteroatoms. The van der Waals surface area contributed by atoms with Gasteiger partial charge in [0.25, 0.3) is 5.91 Å². The van der Waals surface area contributed by atoms with Crippen molar-refractivity contribution in [3.8, 4) is 11.5 Å². The number of sulfonamides is 1. The van der Waals surface area contributed by atoms with E-state index >= 15 is 0 Å². The molecule has 0 atom stereocenters. The first-order valence-corrected chi connectivity index (χ1v) is 11.9. The van der Waals surface area contributed by atoms with E-state index in [1.165, 1.54) is 13.3 Å². The third-order valence-electron chi connectivity index (χ3n) is 4.60. The zero-order chi connectivity index (χ0) is 23.7. The molecule has 0 aliphatic carbocycles. The van der Waals surface area contributed by atoms with Crippen LogP contribution in [0.5, 0.6) is 11.5 Å². The summed E-state index contributed by atoms with van der Waals surface area (Å²) in [6.45, 7) is -0.0299. The van der Waals surface area contributed by atoms with Crippen molar-refractivity contribution < 1.29 is 22.7 Å². The Kier molecular flexibility index (Phi) is 8.04. The van der Waals surface area contributed by atoms with Crippen LogP contribution >= 0.6 is 0 Å². The van der Waals surface area contributed by atoms with Gasteiger partial charge < -0.3 is 9.47 Å². The fourth-order valence-electron chi connectivity index (χ4n) is 2.94. The van der Waals surface area contributed by atoms with Gasteiger partial charge in [-0.25, -0.2) is 13.8 Å². The first kappa shape index (κ1) is 23.8. The Morgan fingerprint density at radius 3 is 2.33 bits per heavy atom. The normalized spacial score (nSPS) is 11.2. The third-order valence-corrected chi connectivity index (χ3v) is 5.74. The summed E-state index contributed by atoms with van der Waals surface area (Å²) in [5.74, 6) is 0.597. The topological polar surface area (TPSA) is 97.3 Å². The Morgan fingerprint density at radius 2 is 1.67 bits per heavy atom. The molecule has 0 unspecified atom stereocenters. The fourth-order valence-corrected chi connectivity index (χ4v) is 3.80. The van der Waals surface area contributed by atoms with E-state index in [2.05, 4.69) is 10.5 Å². The highest BCUT2D eigenvalue weighted by Crippen LogP contribution is 2.21. The molecule has 172 valence electrons. The summed E-state index contributed by atoms with van der Waals surface area (Å²) in [4.78, 5) is 12.4. The number of hydrogen-bond donors (Lipinski definition) is 1. The Balaban J connectivity index is 1.64. The number of amides is 1. The zero-order valence-corrected chi connectivity index (χ0v) is 19.2. The van der Waals surface area contributed by atoms with E-state index in [0.29, 0.717) is 29.4 Å². The number of nitrogens with one attached hydrogen (secondary N) is 1. The average Bonchev–Trinajstić information content (AvgIpc) is 2.82. The Bertz CT molecular complexity index is 1200. The second-order valence-corrected chi connectivity index (χ2v) is 8.98. The van der Waals surface area contributed by atoms with Crippen molar-refractivity contribution in [1.82, 2.24) is 5.43 Å². The van der Waals surface area contributed by atoms with Crippen molar-refractivity contribution in [3.05, 3.63) is 90.0 Å². The molecule has 0 heterocycles. The predicted octanol–water partition coefficient (Wildman–Crippen LogP) is 3.19. The molecule has 3 rings (SSSR count). The van der Waals surface area contributed by atoms with Gasteiger partial charge in [0.15, 0.2) is 0 Å². The highest BCUT2D eigenvalue weighted by molar-refractivity contribution is 7.92. The van der Waals surface area contributed by atoms with Gasteiger partial charge in [-0.15, -0.1) is 0 Å². The SMILES string of the molecule is COc1ccc(N(CC(=O)N/N=C\c2ccccc2OCc2ccccc2)S(C)(=O)=O)cc1. The van der Waals surface area contributed by atoms with Crippen molar-refractivity contribution in [3.63, 3.8) is 0 Å². The highest BCUT2D eigenvalue weighted by atomic mass is 32.2. The molecule has 0 saturated heterocycles. The first-order valence-electron chi connectivity index (χ1n) is 10.1. The summed E-state index contributed by atoms with van der Waals surface area (Å²) in [5, 5.41) is 3.97. The Hall–Kier alpha value is -3.85. The molecular weight excluding hydrogens is 442 g/mol. The van der Waals surface area contributed by atoms with Gasteiger partial charge in [0.1, 0.15) is 24.7 Å². The number of methoxy groups -OCH3 is 1. The highest BCUT2D eigenvalue weighted by Gasteiger charge is 2.20. The molecule has 3 aromatic rings. The number of carbonyl (C=O) groups excluding carboxylic acids is 1. The monoisotopic (exact) mass is 467 g/mol. The maximum absolute atomic E-state index is 12.4. The molecule has 8 nitrogen and oxygen atoms in total. The van der Waals surface area contributed by atoms with Crippen LogP contribution in [0, 0.1) is 0 Å². The van der Waals surface area contributed by atoms with Crippen molar-refractivity contribution in [2.45, 2.75) is 6.61 Å². The number of nitrogens with zero attached hydrogens (tertiary/aromatic N) is 2. The summed E-state index contributed by atoms with van der Waals surface area (Å²) >= 11 is 0. The molecule has 0 spiro atoms. The van der Waals surface area contributed by atoms with Gasteiger partial charge >= 0.3 is 0 Å². The number of hydrazone groups is 1. The van der Waals surface area contributed by atoms with E-state index in [1.54, 1.807) is 36.4 Å². The quantitative estimate of drug-likeness (QED) is 0.365. The van der Waals surface area contributed by atoms with Gasteiger partial charge in [-0.05, 0) is 42.0 Å². The summed E-state index contributed by atoms with van der Waals surface area (Å²) in [7, 11) is -2.18. The lowest BCUT2D eigenvalue weighted by Crippen LogP contribution is -2.39. The molecule has 0 aliphatic rings. The van der Waals surface area contributed by atoms with Crippen molar-refractivity contribution >= 4 is 27.8 Å². The van der Waals surface area contributed by atoms with Crippen LogP contribution in [0.2, 0.25) is 0 Å². The average molecular weight is 468 g/mol. The molecule has 0 aromatic heterocycles. The zero-order valence-electron chi connectivity index (χ0n) is 18.3. The first-order chi connectivity index (χ1) is 15.9. The number of para-hydroxylation sites is 1. The maximum atomic E-state index is 12.4. The van der Waals surface area contributed by atoms with Crippen LogP contribution in [0.15, 0.2) is 84.0 Å². The number of rotatable bonds is 10. The number of benzene rings is 3. The van der Waals surface area contributed by atoms with E-state index in [0.717, 1.165) is 16.1 Å². The van der Waals surface area contributed by atoms with Crippen molar-refractivity contribution in [2.24, 2.45) is 5.10 Å². The minimum absolute atomic E-state index is 0.345. The Morgan fingerprint density at radius 1 is 1.00 bits per heavy atom. The number of ether oxygens (including phenoxy) is 2. The van der Waals surface area contributed by atoms with Gasteiger partial charge in [0.05, 0.1) is 25.3 Å². The summed E-state index contributed by atoms with van der Waals surface area (Å²) in [5.41, 5.74) is 4.41. The maximum Gasteiger partial charge on any atom is 0.260 e. The molecule has 0 aliphatic heterocycles. The number of anilines is 1. The minimum atomic E-state index is -3.69. The lowest BCUT2D eigenvalue weighted by atomic mass is 10.2. The molecule has 0 saturated carbocycles. The van der Waals surface area contributed by atoms with Gasteiger partial charge in [-0.2, -0.15) is 5.10 Å². The van der Waals surface area contributed by atoms with Crippen LogP contribution in [0.3, 0.4) is 0 Å². The van der Waals surface area contributed by atoms with Crippen LogP contribution in [0.4, 0.5) is 5.69 Å². The second kappa shape index (κ2) is 11.1. The van der Waals surface area contributed by atoms with Crippen LogP contribution in [0.25, 0.3) is 0 Å². The summed E-state index contributed by atoms with van der Waals surface area (Å²) < 4.78 is 36.4. The van der Waals surface area contributed by atoms with E-state index in [-0.39, 0.29) is 0 Å². The largest absolute Gasteiger partial charge is 0.497 e. The van der Waals surface area contributed by atoms with Crippen molar-refractivity contribution in [2.75, 3.05) is 24.2 Å². The molecule has 0 bridgehead atoms. The van der Waals surface area contributed by atoms with Gasteiger partial charge in [0, 0.05) is 5.56 Å². The fraction of sp³-hybridized carbons (Fsp3) is 0.167. The van der Waals surface area contributed by atoms with Crippen LogP contribution in [-0.2, 0) is 21.4 Å². The predicted molar refractivity (Wildman–Crippen MR) is 128 cm³/mol. The Labute approximate surface area is 193 Å². The minimum Gasteiger partial charge on any atom is -0.497 e. The standard InChI is InChI=1S/C24H25N3O5S/c1-31-22-14-12-21(13-15-22)27(33(2,29)30)17-24(28)26-25-16-20-10-6-7-11-23(20)32-18-19-8-4-3-5-9-19/h3-16H,17-18H2,1-2H3,(H,26,28)/b25-16-. The molecule has 1 N–H and O–H groups in total. The van der Waals surface area contributed by atoms with Gasteiger partial charge in [0.2, 0.25) is 10.0 Å². The number of hydrogen-bond acceptors (Lipinski definition) is 6. The molecule has 1 amide bonds. The lowest BCUT2D eigenvalue weighted by molar-refractivity contribution is -0.119. The van der Waals surface area contributed by atoms with Crippen LogP contribution < -0.4 is 19.2 Å². The van der Waals surface area contributed by atoms with E-state index in [1.807, 2.05) is 42.5 Å². The molecule has 0 fully saturated rings. The second-order valence-electron chi connectivity index (χ2n) is 7.07. The third kappa shape index (κ3) is 7.08. The molecule has 33 heavy (non-hydrogen) atoms. The smallest absolute Gasteiger partial charge is 0.260 e. The van der Waals surface area contributed by atoms with E-state index in [4.69, 9.17) is 9.47 Å². The molecule has 3 aromatic carbocycles. The van der Waals surface area contributed by atoms with Gasteiger partial charge in [-0.1, -0.05) is 42.5 Å². The van der Waals surface area contributed by atoms with Gasteiger partial charge in [-0.3, -0.25) is 9.10 Å². The van der Waals surface area contributed by atoms with E-state index < -0.39 is 22.5 Å². The molecular formula is C24H25N3O5S. The molecule has 0 radical (unpaired) electrons. The van der Waals surface area contributed by atoms with Crippen LogP contribution in [-0.4, -0.2) is 40.4 Å². The summed E-state index contributed by atoms with van der Waals surface area (Å²) in [6.07, 6.45) is 2.49. The van der Waals surface area contributed by atoms with Crippen LogP contribution in [0.1, 0.15) is 11.1 Å².